The van der Waals surface area contributed by atoms with Gasteiger partial charge in [-0.1, -0.05) is 23.2 Å². The second kappa shape index (κ2) is 8.52. The summed E-state index contributed by atoms with van der Waals surface area (Å²) in [5.74, 6) is -0.799. The van der Waals surface area contributed by atoms with Crippen LogP contribution in [0.2, 0.25) is 10.0 Å². The van der Waals surface area contributed by atoms with E-state index in [9.17, 15) is 9.59 Å². The van der Waals surface area contributed by atoms with Gasteiger partial charge in [0.25, 0.3) is 0 Å². The molecule has 2 aromatic carbocycles. The van der Waals surface area contributed by atoms with Crippen molar-refractivity contribution in [2.45, 2.75) is 6.92 Å². The van der Waals surface area contributed by atoms with Crippen LogP contribution in [0.5, 0.6) is 5.75 Å². The number of carbonyl (C=O) groups is 2. The maximum absolute atomic E-state index is 12.8. The normalized spacial score (nSPS) is 10.0. The van der Waals surface area contributed by atoms with Gasteiger partial charge in [-0.3, -0.25) is 4.79 Å². The van der Waals surface area contributed by atoms with Gasteiger partial charge in [0, 0.05) is 15.6 Å². The number of ketones is 1. The average Bonchev–Trinajstić information content (AvgIpc) is 2.59. The molecular formula is C18H13Cl2NO4. The summed E-state index contributed by atoms with van der Waals surface area (Å²) in [5, 5.41) is 9.61. The van der Waals surface area contributed by atoms with E-state index >= 15 is 0 Å². The van der Waals surface area contributed by atoms with Crippen LogP contribution < -0.4 is 4.74 Å². The van der Waals surface area contributed by atoms with Gasteiger partial charge in [-0.15, -0.1) is 0 Å². The number of esters is 1. The van der Waals surface area contributed by atoms with E-state index in [0.717, 1.165) is 0 Å². The number of nitrogens with zero attached hydrogens (tertiary/aromatic N) is 1. The largest absolute Gasteiger partial charge is 0.481 e. The fraction of sp³-hybridized carbons (Fsp3) is 0.167. The fourth-order valence-electron chi connectivity index (χ4n) is 2.09. The van der Waals surface area contributed by atoms with E-state index < -0.39 is 11.8 Å². The number of hydrogen-bond acceptors (Lipinski definition) is 5. The minimum absolute atomic E-state index is 0.156. The second-order valence-electron chi connectivity index (χ2n) is 4.90. The molecule has 7 heteroatoms. The Kier molecular flexibility index (Phi) is 6.40. The van der Waals surface area contributed by atoms with Crippen molar-refractivity contribution in [3.8, 4) is 11.8 Å². The van der Waals surface area contributed by atoms with Gasteiger partial charge in [-0.2, -0.15) is 5.26 Å². The molecule has 0 fully saturated rings. The third kappa shape index (κ3) is 4.96. The van der Waals surface area contributed by atoms with Gasteiger partial charge >= 0.3 is 5.97 Å². The van der Waals surface area contributed by atoms with Gasteiger partial charge in [-0.05, 0) is 43.3 Å². The maximum atomic E-state index is 12.8. The number of nitriles is 1. The molecule has 2 aromatic rings. The highest BCUT2D eigenvalue weighted by Crippen LogP contribution is 2.27. The summed E-state index contributed by atoms with van der Waals surface area (Å²) < 4.78 is 10.2. The molecule has 0 heterocycles. The van der Waals surface area contributed by atoms with E-state index in [4.69, 9.17) is 37.9 Å². The van der Waals surface area contributed by atoms with Crippen LogP contribution in [0.4, 0.5) is 0 Å². The molecule has 0 aliphatic carbocycles. The molecule has 2 rings (SSSR count). The van der Waals surface area contributed by atoms with Crippen molar-refractivity contribution in [2.75, 3.05) is 13.2 Å². The topological polar surface area (TPSA) is 76.4 Å². The first kappa shape index (κ1) is 18.8. The van der Waals surface area contributed by atoms with E-state index in [1.165, 1.54) is 36.4 Å². The predicted octanol–water partition coefficient (Wildman–Crippen LogP) is 4.04. The Bertz CT molecular complexity index is 859. The summed E-state index contributed by atoms with van der Waals surface area (Å²) in [5.41, 5.74) is 0.627. The van der Waals surface area contributed by atoms with Crippen LogP contribution >= 0.6 is 23.2 Å². The Morgan fingerprint density at radius 2 is 1.88 bits per heavy atom. The summed E-state index contributed by atoms with van der Waals surface area (Å²) in [6.07, 6.45) is 0. The standard InChI is InChI=1S/C18H13Cl2NO4/c1-2-24-17(22)10-25-16-4-3-13(19)8-15(16)18(23)12-5-11(9-21)6-14(20)7-12/h3-8H,2,10H2,1H3. The van der Waals surface area contributed by atoms with Crippen molar-refractivity contribution >= 4 is 35.0 Å². The number of halogens is 2. The predicted molar refractivity (Wildman–Crippen MR) is 93.2 cm³/mol. The lowest BCUT2D eigenvalue weighted by Gasteiger charge is -2.11. The molecule has 0 unspecified atom stereocenters. The number of rotatable bonds is 6. The van der Waals surface area contributed by atoms with Crippen LogP contribution in [0.15, 0.2) is 36.4 Å². The van der Waals surface area contributed by atoms with Crippen LogP contribution in [0, 0.1) is 11.3 Å². The van der Waals surface area contributed by atoms with Crippen LogP contribution in [0.1, 0.15) is 28.4 Å². The second-order valence-corrected chi connectivity index (χ2v) is 5.78. The van der Waals surface area contributed by atoms with Crippen LogP contribution in [0.3, 0.4) is 0 Å². The Morgan fingerprint density at radius 3 is 2.56 bits per heavy atom. The molecule has 0 radical (unpaired) electrons. The van der Waals surface area contributed by atoms with E-state index in [-0.39, 0.29) is 40.7 Å². The molecule has 25 heavy (non-hydrogen) atoms. The lowest BCUT2D eigenvalue weighted by atomic mass is 10.0. The molecule has 0 saturated carbocycles. The Morgan fingerprint density at radius 1 is 1.12 bits per heavy atom. The van der Waals surface area contributed by atoms with Crippen molar-refractivity contribution in [3.05, 3.63) is 63.1 Å². The average molecular weight is 378 g/mol. The van der Waals surface area contributed by atoms with Crippen LogP contribution in [0.25, 0.3) is 0 Å². The maximum Gasteiger partial charge on any atom is 0.344 e. The van der Waals surface area contributed by atoms with Gasteiger partial charge < -0.3 is 9.47 Å². The molecule has 5 nitrogen and oxygen atoms in total. The summed E-state index contributed by atoms with van der Waals surface area (Å²) in [7, 11) is 0. The molecule has 0 amide bonds. The first-order valence-electron chi connectivity index (χ1n) is 7.28. The first-order valence-corrected chi connectivity index (χ1v) is 8.03. The van der Waals surface area contributed by atoms with Crippen molar-refractivity contribution in [2.24, 2.45) is 0 Å². The molecule has 0 aliphatic rings. The lowest BCUT2D eigenvalue weighted by molar-refractivity contribution is -0.145. The molecule has 0 N–H and O–H groups in total. The van der Waals surface area contributed by atoms with Gasteiger partial charge in [0.2, 0.25) is 0 Å². The monoisotopic (exact) mass is 377 g/mol. The number of carbonyl (C=O) groups excluding carboxylic acids is 2. The zero-order chi connectivity index (χ0) is 18.4. The van der Waals surface area contributed by atoms with Crippen LogP contribution in [-0.2, 0) is 9.53 Å². The molecule has 128 valence electrons. The van der Waals surface area contributed by atoms with Crippen molar-refractivity contribution in [1.29, 1.82) is 5.26 Å². The van der Waals surface area contributed by atoms with E-state index in [0.29, 0.717) is 5.02 Å². The first-order chi connectivity index (χ1) is 11.9. The Balaban J connectivity index is 2.36. The molecule has 0 bridgehead atoms. The molecule has 0 aromatic heterocycles. The lowest BCUT2D eigenvalue weighted by Crippen LogP contribution is -2.16. The van der Waals surface area contributed by atoms with E-state index in [1.807, 2.05) is 6.07 Å². The minimum Gasteiger partial charge on any atom is -0.481 e. The Labute approximate surface area is 154 Å². The summed E-state index contributed by atoms with van der Waals surface area (Å²) in [4.78, 5) is 24.2. The molecule has 0 saturated heterocycles. The zero-order valence-electron chi connectivity index (χ0n) is 13.2. The van der Waals surface area contributed by atoms with Crippen molar-refractivity contribution < 1.29 is 19.1 Å². The SMILES string of the molecule is CCOC(=O)COc1ccc(Cl)cc1C(=O)c1cc(Cl)cc(C#N)c1. The molecule has 0 aliphatic heterocycles. The highest BCUT2D eigenvalue weighted by atomic mass is 35.5. The number of benzene rings is 2. The fourth-order valence-corrected chi connectivity index (χ4v) is 2.49. The smallest absolute Gasteiger partial charge is 0.344 e. The van der Waals surface area contributed by atoms with Crippen molar-refractivity contribution in [1.82, 2.24) is 0 Å². The molecule has 0 atom stereocenters. The third-order valence-electron chi connectivity index (χ3n) is 3.13. The quantitative estimate of drug-likeness (QED) is 0.560. The number of ether oxygens (including phenoxy) is 2. The van der Waals surface area contributed by atoms with Gasteiger partial charge in [-0.25, -0.2) is 4.79 Å². The Hall–Kier alpha value is -2.55. The minimum atomic E-state index is -0.551. The molecule has 0 spiro atoms. The summed E-state index contributed by atoms with van der Waals surface area (Å²) >= 11 is 11.9. The number of hydrogen-bond donors (Lipinski definition) is 0. The third-order valence-corrected chi connectivity index (χ3v) is 3.58. The molecular weight excluding hydrogens is 365 g/mol. The van der Waals surface area contributed by atoms with E-state index in [1.54, 1.807) is 6.92 Å². The zero-order valence-corrected chi connectivity index (χ0v) is 14.7. The van der Waals surface area contributed by atoms with Crippen LogP contribution in [-0.4, -0.2) is 25.0 Å². The van der Waals surface area contributed by atoms with Crippen molar-refractivity contribution in [3.63, 3.8) is 0 Å². The van der Waals surface area contributed by atoms with Gasteiger partial charge in [0.05, 0.1) is 23.8 Å². The van der Waals surface area contributed by atoms with Gasteiger partial charge in [0.1, 0.15) is 5.75 Å². The highest BCUT2D eigenvalue weighted by molar-refractivity contribution is 6.32. The summed E-state index contributed by atoms with van der Waals surface area (Å²) in [6, 6.07) is 10.7. The summed E-state index contributed by atoms with van der Waals surface area (Å²) in [6.45, 7) is 1.57. The van der Waals surface area contributed by atoms with E-state index in [2.05, 4.69) is 0 Å². The highest BCUT2D eigenvalue weighted by Gasteiger charge is 2.18. The van der Waals surface area contributed by atoms with Gasteiger partial charge in [0.15, 0.2) is 12.4 Å².